The van der Waals surface area contributed by atoms with Crippen molar-refractivity contribution >= 4 is 37.3 Å². The van der Waals surface area contributed by atoms with Crippen LogP contribution in [0.2, 0.25) is 25.7 Å². The van der Waals surface area contributed by atoms with Crippen molar-refractivity contribution in [3.63, 3.8) is 0 Å². The number of fused-ring (bicyclic) bond motifs is 2. The maximum absolute atomic E-state index is 14.0. The van der Waals surface area contributed by atoms with Crippen LogP contribution < -0.4 is 15.5 Å². The minimum atomic E-state index is -1.29. The van der Waals surface area contributed by atoms with Crippen LogP contribution in [0.4, 0.5) is 11.5 Å². The van der Waals surface area contributed by atoms with E-state index in [2.05, 4.69) is 47.3 Å². The smallest absolute Gasteiger partial charge is 0.270 e. The zero-order valence-corrected chi connectivity index (χ0v) is 28.7. The standard InChI is InChI=1S/C33H50N6O5Si/c1-22(2)39-26(11-14-35-39)30(40)37-29(24-9-7-23(3)8-10-24)31(41)36-28-19-27-25(20-34-28)33(12-15-43-16-13-33)32(42)38(27)21-44-17-18-45(4,5)6/h11,14,19-20,22-24,29H,7-10,12-13,15-18,21H2,1-6H3,(H,37,40)(H,34,36,41)/t23?,24?,29-/m0/s1. The molecule has 2 N–H and O–H groups in total. The molecule has 45 heavy (non-hydrogen) atoms. The molecule has 12 heteroatoms. The van der Waals surface area contributed by atoms with E-state index in [0.29, 0.717) is 55.8 Å². The SMILES string of the molecule is CC1CCC([C@H](NC(=O)c2ccnn2C(C)C)C(=O)Nc2cc3c(cn2)C2(CCOCC2)C(=O)N3COCC[Si](C)(C)C)CC1. The van der Waals surface area contributed by atoms with Gasteiger partial charge >= 0.3 is 0 Å². The van der Waals surface area contributed by atoms with Gasteiger partial charge in [0.05, 0.1) is 11.1 Å². The lowest BCUT2D eigenvalue weighted by atomic mass is 9.76. The molecule has 1 saturated carbocycles. The van der Waals surface area contributed by atoms with Crippen LogP contribution in [-0.2, 0) is 24.5 Å². The Labute approximate surface area is 267 Å². The molecule has 2 aliphatic heterocycles. The lowest BCUT2D eigenvalue weighted by Gasteiger charge is -2.32. The van der Waals surface area contributed by atoms with Gasteiger partial charge in [0, 0.05) is 58.0 Å². The Kier molecular flexibility index (Phi) is 10.1. The molecule has 0 unspecified atom stereocenters. The number of aromatic nitrogens is 3. The predicted octanol–water partition coefficient (Wildman–Crippen LogP) is 5.13. The fourth-order valence-electron chi connectivity index (χ4n) is 6.79. The van der Waals surface area contributed by atoms with Crippen molar-refractivity contribution < 1.29 is 23.9 Å². The average molecular weight is 639 g/mol. The maximum atomic E-state index is 14.0. The number of rotatable bonds is 11. The van der Waals surface area contributed by atoms with E-state index in [1.165, 1.54) is 0 Å². The first-order valence-corrected chi connectivity index (χ1v) is 20.2. The van der Waals surface area contributed by atoms with Crippen molar-refractivity contribution in [1.82, 2.24) is 20.1 Å². The Morgan fingerprint density at radius 2 is 1.87 bits per heavy atom. The quantitative estimate of drug-likeness (QED) is 0.258. The summed E-state index contributed by atoms with van der Waals surface area (Å²) in [5.74, 6) is 0.305. The molecular weight excluding hydrogens is 588 g/mol. The molecule has 2 aromatic heterocycles. The minimum Gasteiger partial charge on any atom is -0.381 e. The van der Waals surface area contributed by atoms with E-state index < -0.39 is 19.5 Å². The highest BCUT2D eigenvalue weighted by Crippen LogP contribution is 2.48. The molecule has 11 nitrogen and oxygen atoms in total. The number of anilines is 2. The highest BCUT2D eigenvalue weighted by molar-refractivity contribution is 6.76. The Morgan fingerprint density at radius 3 is 2.53 bits per heavy atom. The van der Waals surface area contributed by atoms with Crippen molar-refractivity contribution in [1.29, 1.82) is 0 Å². The third-order valence-corrected chi connectivity index (χ3v) is 11.4. The Balaban J connectivity index is 1.38. The first-order valence-electron chi connectivity index (χ1n) is 16.5. The van der Waals surface area contributed by atoms with Crippen LogP contribution >= 0.6 is 0 Å². The molecule has 0 bridgehead atoms. The second-order valence-corrected chi connectivity index (χ2v) is 20.2. The second-order valence-electron chi connectivity index (χ2n) is 14.6. The van der Waals surface area contributed by atoms with Crippen LogP contribution in [0.5, 0.6) is 0 Å². The topological polar surface area (TPSA) is 128 Å². The number of nitrogens with one attached hydrogen (secondary N) is 2. The van der Waals surface area contributed by atoms with Crippen LogP contribution in [0.15, 0.2) is 24.5 Å². The van der Waals surface area contributed by atoms with E-state index in [0.717, 1.165) is 37.3 Å². The number of pyridine rings is 1. The van der Waals surface area contributed by atoms with Crippen molar-refractivity contribution in [2.24, 2.45) is 11.8 Å². The summed E-state index contributed by atoms with van der Waals surface area (Å²) in [7, 11) is -1.29. The van der Waals surface area contributed by atoms with Gasteiger partial charge in [-0.05, 0) is 63.5 Å². The highest BCUT2D eigenvalue weighted by Gasteiger charge is 2.52. The van der Waals surface area contributed by atoms with E-state index in [1.54, 1.807) is 34.1 Å². The van der Waals surface area contributed by atoms with Crippen molar-refractivity contribution in [3.05, 3.63) is 35.8 Å². The molecule has 1 saturated heterocycles. The zero-order chi connectivity index (χ0) is 32.4. The van der Waals surface area contributed by atoms with Crippen molar-refractivity contribution in [2.75, 3.05) is 36.8 Å². The van der Waals surface area contributed by atoms with Crippen LogP contribution in [-0.4, -0.2) is 73.2 Å². The van der Waals surface area contributed by atoms with E-state index in [4.69, 9.17) is 9.47 Å². The van der Waals surface area contributed by atoms with Gasteiger partial charge in [-0.25, -0.2) is 4.98 Å². The molecule has 0 aromatic carbocycles. The Morgan fingerprint density at radius 1 is 1.16 bits per heavy atom. The molecule has 3 amide bonds. The number of hydrogen-bond donors (Lipinski definition) is 2. The molecule has 1 aliphatic carbocycles. The lowest BCUT2D eigenvalue weighted by molar-refractivity contribution is -0.127. The maximum Gasteiger partial charge on any atom is 0.270 e. The van der Waals surface area contributed by atoms with Crippen LogP contribution in [0.1, 0.15) is 81.4 Å². The summed E-state index contributed by atoms with van der Waals surface area (Å²) in [5.41, 5.74) is 1.30. The summed E-state index contributed by atoms with van der Waals surface area (Å²) in [6.07, 6.45) is 8.21. The molecule has 1 spiro atoms. The highest BCUT2D eigenvalue weighted by atomic mass is 28.3. The summed E-state index contributed by atoms with van der Waals surface area (Å²) in [4.78, 5) is 47.7. The first-order chi connectivity index (χ1) is 21.4. The van der Waals surface area contributed by atoms with Gasteiger partial charge in [-0.1, -0.05) is 39.4 Å². The summed E-state index contributed by atoms with van der Waals surface area (Å²) in [5, 5.41) is 10.3. The van der Waals surface area contributed by atoms with Gasteiger partial charge in [0.1, 0.15) is 24.3 Å². The first kappa shape index (κ1) is 33.3. The van der Waals surface area contributed by atoms with Gasteiger partial charge in [-0.15, -0.1) is 0 Å². The van der Waals surface area contributed by atoms with E-state index in [9.17, 15) is 14.4 Å². The number of nitrogens with zero attached hydrogens (tertiary/aromatic N) is 4. The van der Waals surface area contributed by atoms with Gasteiger partial charge in [-0.3, -0.25) is 24.0 Å². The van der Waals surface area contributed by atoms with Gasteiger partial charge < -0.3 is 20.1 Å². The normalized spacial score (nSPS) is 22.0. The molecule has 246 valence electrons. The minimum absolute atomic E-state index is 0.00153. The zero-order valence-electron chi connectivity index (χ0n) is 27.7. The molecule has 2 fully saturated rings. The Hall–Kier alpha value is -3.09. The number of carbonyl (C=O) groups is 3. The fourth-order valence-corrected chi connectivity index (χ4v) is 7.55. The monoisotopic (exact) mass is 638 g/mol. The van der Waals surface area contributed by atoms with E-state index in [1.807, 2.05) is 13.8 Å². The lowest BCUT2D eigenvalue weighted by Crippen LogP contribution is -2.49. The number of amides is 3. The molecule has 1 atom stereocenters. The van der Waals surface area contributed by atoms with Crippen LogP contribution in [0, 0.1) is 11.8 Å². The van der Waals surface area contributed by atoms with Gasteiger partial charge in [0.25, 0.3) is 5.91 Å². The van der Waals surface area contributed by atoms with E-state index in [-0.39, 0.29) is 36.4 Å². The van der Waals surface area contributed by atoms with Gasteiger partial charge in [0.2, 0.25) is 11.8 Å². The number of carbonyl (C=O) groups excluding carboxylic acids is 3. The summed E-state index contributed by atoms with van der Waals surface area (Å²) in [6.45, 7) is 14.8. The van der Waals surface area contributed by atoms with Crippen LogP contribution in [0.3, 0.4) is 0 Å². The predicted molar refractivity (Wildman–Crippen MR) is 176 cm³/mol. The number of hydrogen-bond acceptors (Lipinski definition) is 7. The molecule has 0 radical (unpaired) electrons. The molecular formula is C33H50N6O5Si. The van der Waals surface area contributed by atoms with Crippen LogP contribution in [0.25, 0.3) is 0 Å². The number of ether oxygens (including phenoxy) is 2. The second kappa shape index (κ2) is 13.7. The summed E-state index contributed by atoms with van der Waals surface area (Å²) >= 11 is 0. The van der Waals surface area contributed by atoms with Crippen molar-refractivity contribution in [2.45, 2.75) is 102 Å². The molecule has 2 aromatic rings. The summed E-state index contributed by atoms with van der Waals surface area (Å²) < 4.78 is 13.3. The molecule has 4 heterocycles. The van der Waals surface area contributed by atoms with Crippen molar-refractivity contribution in [3.8, 4) is 0 Å². The third-order valence-electron chi connectivity index (χ3n) is 9.65. The summed E-state index contributed by atoms with van der Waals surface area (Å²) in [6, 6.07) is 3.73. The third kappa shape index (κ3) is 7.33. The largest absolute Gasteiger partial charge is 0.381 e. The molecule has 3 aliphatic rings. The van der Waals surface area contributed by atoms with Gasteiger partial charge in [0.15, 0.2) is 0 Å². The Bertz CT molecular complexity index is 1370. The molecule has 5 rings (SSSR count). The average Bonchev–Trinajstić information content (AvgIpc) is 3.57. The van der Waals surface area contributed by atoms with Gasteiger partial charge in [-0.2, -0.15) is 5.10 Å². The van der Waals surface area contributed by atoms with E-state index >= 15 is 0 Å². The fraction of sp³-hybridized carbons (Fsp3) is 0.667.